The lowest BCUT2D eigenvalue weighted by molar-refractivity contribution is 0.0745. The Labute approximate surface area is 166 Å². The van der Waals surface area contributed by atoms with E-state index < -0.39 is 0 Å². The van der Waals surface area contributed by atoms with Gasteiger partial charge in [-0.3, -0.25) is 14.7 Å². The van der Waals surface area contributed by atoms with Gasteiger partial charge in [-0.05, 0) is 32.0 Å². The van der Waals surface area contributed by atoms with Gasteiger partial charge < -0.3 is 14.4 Å². The molecule has 1 aromatic carbocycles. The smallest absolute Gasteiger partial charge is 0.275 e. The minimum atomic E-state index is -0.308. The summed E-state index contributed by atoms with van der Waals surface area (Å²) in [7, 11) is 0. The highest BCUT2D eigenvalue weighted by Gasteiger charge is 2.29. The Morgan fingerprint density at radius 2 is 1.97 bits per heavy atom. The number of aromatic amines is 1. The van der Waals surface area contributed by atoms with Crippen molar-refractivity contribution in [1.82, 2.24) is 19.5 Å². The van der Waals surface area contributed by atoms with Gasteiger partial charge >= 0.3 is 0 Å². The number of aryl methyl sites for hydroxylation is 1. The summed E-state index contributed by atoms with van der Waals surface area (Å²) < 4.78 is 12.6. The molecule has 0 fully saturated rings. The minimum Gasteiger partial charge on any atom is -0.486 e. The van der Waals surface area contributed by atoms with E-state index in [2.05, 4.69) is 10.1 Å². The van der Waals surface area contributed by atoms with Crippen molar-refractivity contribution in [3.8, 4) is 11.5 Å². The lowest BCUT2D eigenvalue weighted by Gasteiger charge is -2.25. The third-order valence-corrected chi connectivity index (χ3v) is 5.43. The Balaban J connectivity index is 1.49. The zero-order valence-electron chi connectivity index (χ0n) is 16.1. The summed E-state index contributed by atoms with van der Waals surface area (Å²) in [6, 6.07) is 6.74. The molecule has 8 nitrogen and oxygen atoms in total. The molecule has 2 aromatic heterocycles. The van der Waals surface area contributed by atoms with Gasteiger partial charge in [0.25, 0.3) is 11.5 Å². The maximum atomic E-state index is 13.2. The van der Waals surface area contributed by atoms with Gasteiger partial charge in [-0.25, -0.2) is 9.50 Å². The average molecular weight is 392 g/mol. The van der Waals surface area contributed by atoms with Crippen LogP contribution >= 0.6 is 0 Å². The molecule has 0 saturated carbocycles. The van der Waals surface area contributed by atoms with Crippen molar-refractivity contribution in [3.63, 3.8) is 0 Å². The lowest BCUT2D eigenvalue weighted by Crippen LogP contribution is -2.31. The zero-order valence-corrected chi connectivity index (χ0v) is 16.1. The molecule has 5 rings (SSSR count). The summed E-state index contributed by atoms with van der Waals surface area (Å²) in [6.45, 7) is 5.02. The summed E-state index contributed by atoms with van der Waals surface area (Å²) in [5.41, 5.74) is 2.97. The van der Waals surface area contributed by atoms with E-state index in [1.807, 2.05) is 25.1 Å². The number of carbonyl (C=O) groups is 1. The number of hydrogen-bond acceptors (Lipinski definition) is 5. The van der Waals surface area contributed by atoms with Crippen molar-refractivity contribution < 1.29 is 14.3 Å². The molecule has 0 radical (unpaired) electrons. The molecular weight excluding hydrogens is 372 g/mol. The molecular formula is C21H20N4O4. The summed E-state index contributed by atoms with van der Waals surface area (Å²) in [5, 5.41) is 3.11. The number of fused-ring (bicyclic) bond motifs is 2. The first-order valence-corrected chi connectivity index (χ1v) is 9.49. The van der Waals surface area contributed by atoms with E-state index in [0.29, 0.717) is 53.7 Å². The van der Waals surface area contributed by atoms with Gasteiger partial charge in [0.05, 0.1) is 11.7 Å². The van der Waals surface area contributed by atoms with Crippen molar-refractivity contribution in [2.24, 2.45) is 0 Å². The number of benzene rings is 1. The first kappa shape index (κ1) is 17.5. The summed E-state index contributed by atoms with van der Waals surface area (Å²) >= 11 is 0. The van der Waals surface area contributed by atoms with Gasteiger partial charge in [0.15, 0.2) is 17.1 Å². The predicted molar refractivity (Wildman–Crippen MR) is 106 cm³/mol. The fourth-order valence-corrected chi connectivity index (χ4v) is 3.73. The second-order valence-electron chi connectivity index (χ2n) is 7.22. The van der Waals surface area contributed by atoms with Crippen molar-refractivity contribution in [2.75, 3.05) is 19.8 Å². The van der Waals surface area contributed by atoms with Crippen molar-refractivity contribution in [1.29, 1.82) is 0 Å². The van der Waals surface area contributed by atoms with Crippen LogP contribution in [-0.4, -0.2) is 45.2 Å². The Morgan fingerprint density at radius 1 is 1.17 bits per heavy atom. The van der Waals surface area contributed by atoms with E-state index in [-0.39, 0.29) is 17.5 Å². The Bertz CT molecular complexity index is 1220. The molecule has 2 aliphatic heterocycles. The van der Waals surface area contributed by atoms with E-state index in [4.69, 9.17) is 9.47 Å². The van der Waals surface area contributed by atoms with Crippen LogP contribution in [0.2, 0.25) is 0 Å². The molecule has 4 heterocycles. The maximum absolute atomic E-state index is 13.2. The average Bonchev–Trinajstić information content (AvgIpc) is 3.38. The molecule has 1 N–H and O–H groups in total. The van der Waals surface area contributed by atoms with Crippen LogP contribution in [0, 0.1) is 13.8 Å². The number of nitrogens with one attached hydrogen (secondary N) is 1. The fourth-order valence-electron chi connectivity index (χ4n) is 3.73. The third-order valence-electron chi connectivity index (χ3n) is 5.43. The molecule has 1 amide bonds. The molecule has 1 unspecified atom stereocenters. The fraction of sp³-hybridized carbons (Fsp3) is 0.286. The van der Waals surface area contributed by atoms with Gasteiger partial charge in [0.1, 0.15) is 13.2 Å². The molecule has 0 bridgehead atoms. The molecule has 148 valence electrons. The molecule has 0 aliphatic carbocycles. The van der Waals surface area contributed by atoms with Crippen LogP contribution in [-0.2, 0) is 0 Å². The molecule has 0 saturated heterocycles. The number of hydrogen-bond donors (Lipinski definition) is 1. The number of rotatable bonds is 2. The number of ether oxygens (including phenoxy) is 2. The van der Waals surface area contributed by atoms with E-state index in [1.54, 1.807) is 30.0 Å². The van der Waals surface area contributed by atoms with Crippen LogP contribution in [0.5, 0.6) is 11.5 Å². The zero-order chi connectivity index (χ0) is 20.1. The van der Waals surface area contributed by atoms with Crippen LogP contribution in [0.3, 0.4) is 0 Å². The quantitative estimate of drug-likeness (QED) is 0.675. The summed E-state index contributed by atoms with van der Waals surface area (Å²) in [5.74, 6) is 1.11. The van der Waals surface area contributed by atoms with Crippen molar-refractivity contribution in [2.45, 2.75) is 19.9 Å². The van der Waals surface area contributed by atoms with Crippen molar-refractivity contribution in [3.05, 3.63) is 69.3 Å². The predicted octanol–water partition coefficient (Wildman–Crippen LogP) is 2.16. The Morgan fingerprint density at radius 3 is 2.79 bits per heavy atom. The molecule has 1 atom stereocenters. The second-order valence-corrected chi connectivity index (χ2v) is 7.22. The Kier molecular flexibility index (Phi) is 3.94. The number of aromatic nitrogens is 3. The minimum absolute atomic E-state index is 0.122. The number of H-pyrrole nitrogens is 1. The van der Waals surface area contributed by atoms with Gasteiger partial charge in [0, 0.05) is 29.4 Å². The molecule has 2 aliphatic rings. The second kappa shape index (κ2) is 6.51. The largest absolute Gasteiger partial charge is 0.486 e. The van der Waals surface area contributed by atoms with Gasteiger partial charge in [-0.15, -0.1) is 0 Å². The Hall–Kier alpha value is -3.55. The monoisotopic (exact) mass is 392 g/mol. The van der Waals surface area contributed by atoms with Crippen molar-refractivity contribution >= 4 is 11.6 Å². The number of amides is 1. The van der Waals surface area contributed by atoms with Gasteiger partial charge in [0.2, 0.25) is 0 Å². The van der Waals surface area contributed by atoms with Crippen LogP contribution in [0.15, 0.2) is 41.2 Å². The highest BCUT2D eigenvalue weighted by molar-refractivity contribution is 5.95. The molecule has 0 spiro atoms. The number of nitrogens with zero attached hydrogens (tertiary/aromatic N) is 3. The first-order chi connectivity index (χ1) is 14.0. The topological polar surface area (TPSA) is 88.9 Å². The molecule has 29 heavy (non-hydrogen) atoms. The highest BCUT2D eigenvalue weighted by Crippen LogP contribution is 2.33. The van der Waals surface area contributed by atoms with E-state index in [0.717, 1.165) is 5.69 Å². The van der Waals surface area contributed by atoms with Gasteiger partial charge in [-0.1, -0.05) is 12.2 Å². The molecule has 8 heteroatoms. The van der Waals surface area contributed by atoms with Gasteiger partial charge in [-0.2, -0.15) is 0 Å². The van der Waals surface area contributed by atoms with Crippen LogP contribution < -0.4 is 15.0 Å². The van der Waals surface area contributed by atoms with E-state index in [9.17, 15) is 9.59 Å². The summed E-state index contributed by atoms with van der Waals surface area (Å²) in [6.07, 6.45) is 3.89. The number of carbonyl (C=O) groups excluding carboxylic acids is 1. The van der Waals surface area contributed by atoms with Crippen LogP contribution in [0.25, 0.3) is 5.65 Å². The SMILES string of the molecule is Cc1nc2cc(C3C=CCN3C(=O)c3ccc4c(c3)OCCO4)[nH]n2c(=O)c1C. The lowest BCUT2D eigenvalue weighted by atomic mass is 10.1. The summed E-state index contributed by atoms with van der Waals surface area (Å²) in [4.78, 5) is 31.9. The highest BCUT2D eigenvalue weighted by atomic mass is 16.6. The normalized spacial score (nSPS) is 17.9. The molecule has 3 aromatic rings. The first-order valence-electron chi connectivity index (χ1n) is 9.49. The van der Waals surface area contributed by atoms with E-state index >= 15 is 0 Å². The maximum Gasteiger partial charge on any atom is 0.275 e. The van der Waals surface area contributed by atoms with Crippen LogP contribution in [0.4, 0.5) is 0 Å². The van der Waals surface area contributed by atoms with Crippen LogP contribution in [0.1, 0.15) is 33.4 Å². The standard InChI is InChI=1S/C21H20N4O4/c1-12-13(2)22-19-11-15(23-25(19)20(12)26)16-4-3-7-24(16)21(27)14-5-6-17-18(10-14)29-9-8-28-17/h3-6,10-11,16,23H,7-9H2,1-2H3. The third kappa shape index (κ3) is 2.79. The van der Waals surface area contributed by atoms with E-state index in [1.165, 1.54) is 4.52 Å².